The summed E-state index contributed by atoms with van der Waals surface area (Å²) in [6.45, 7) is 1.07. The molecule has 4 rings (SSSR count). The molecule has 0 radical (unpaired) electrons. The Bertz CT molecular complexity index is 1080. The molecule has 6 nitrogen and oxygen atoms in total. The average molecular weight is 425 g/mol. The van der Waals surface area contributed by atoms with Gasteiger partial charge in [0.2, 0.25) is 0 Å². The van der Waals surface area contributed by atoms with Gasteiger partial charge in [0.05, 0.1) is 18.2 Å². The van der Waals surface area contributed by atoms with Gasteiger partial charge in [-0.3, -0.25) is 4.79 Å². The number of hydrogen-bond donors (Lipinski definition) is 0. The minimum Gasteiger partial charge on any atom is -0.465 e. The first kappa shape index (κ1) is 20.2. The molecule has 1 aliphatic rings. The fourth-order valence-electron chi connectivity index (χ4n) is 3.63. The summed E-state index contributed by atoms with van der Waals surface area (Å²) in [5.41, 5.74) is 1.01. The quantitative estimate of drug-likeness (QED) is 0.587. The highest BCUT2D eigenvalue weighted by Gasteiger charge is 2.30. The number of aromatic nitrogens is 2. The van der Waals surface area contributed by atoms with Gasteiger partial charge in [-0.1, -0.05) is 35.6 Å². The molecule has 0 aliphatic carbocycles. The SMILES string of the molecule is COC(=O)c1ccccc1C(=O)N1CCC[C@H](c2nnc(-c3ccccc3F)s2)C1. The van der Waals surface area contributed by atoms with E-state index in [1.54, 1.807) is 47.4 Å². The summed E-state index contributed by atoms with van der Waals surface area (Å²) in [6.07, 6.45) is 1.68. The lowest BCUT2D eigenvalue weighted by molar-refractivity contribution is 0.0586. The molecule has 1 saturated heterocycles. The highest BCUT2D eigenvalue weighted by atomic mass is 32.1. The lowest BCUT2D eigenvalue weighted by Gasteiger charge is -2.32. The number of ether oxygens (including phenoxy) is 1. The van der Waals surface area contributed by atoms with Crippen molar-refractivity contribution in [3.05, 3.63) is 70.5 Å². The van der Waals surface area contributed by atoms with Crippen LogP contribution in [-0.2, 0) is 4.74 Å². The third kappa shape index (κ3) is 3.95. The predicted octanol–water partition coefficient (Wildman–Crippen LogP) is 4.15. The molecule has 8 heteroatoms. The second-order valence-corrected chi connectivity index (χ2v) is 8.06. The smallest absolute Gasteiger partial charge is 0.338 e. The van der Waals surface area contributed by atoms with E-state index in [1.165, 1.54) is 24.5 Å². The molecule has 1 atom stereocenters. The monoisotopic (exact) mass is 425 g/mol. The number of benzene rings is 2. The normalized spacial score (nSPS) is 16.3. The summed E-state index contributed by atoms with van der Waals surface area (Å²) in [6, 6.07) is 13.1. The van der Waals surface area contributed by atoms with Crippen LogP contribution in [0, 0.1) is 5.82 Å². The van der Waals surface area contributed by atoms with E-state index in [9.17, 15) is 14.0 Å². The Hall–Kier alpha value is -3.13. The molecule has 0 spiro atoms. The Labute approximate surface area is 177 Å². The van der Waals surface area contributed by atoms with E-state index in [4.69, 9.17) is 4.74 Å². The van der Waals surface area contributed by atoms with E-state index in [-0.39, 0.29) is 23.2 Å². The van der Waals surface area contributed by atoms with E-state index < -0.39 is 5.97 Å². The first-order valence-corrected chi connectivity index (χ1v) is 10.4. The molecule has 1 aromatic heterocycles. The number of piperidine rings is 1. The number of rotatable bonds is 4. The van der Waals surface area contributed by atoms with Gasteiger partial charge in [-0.2, -0.15) is 0 Å². The van der Waals surface area contributed by atoms with E-state index in [2.05, 4.69) is 10.2 Å². The molecule has 0 N–H and O–H groups in total. The Balaban J connectivity index is 1.54. The van der Waals surface area contributed by atoms with Crippen molar-refractivity contribution in [1.29, 1.82) is 0 Å². The molecule has 1 amide bonds. The zero-order chi connectivity index (χ0) is 21.1. The number of hydrogen-bond acceptors (Lipinski definition) is 6. The molecule has 2 aromatic carbocycles. The summed E-state index contributed by atoms with van der Waals surface area (Å²) in [5, 5.41) is 9.75. The number of carbonyl (C=O) groups excluding carboxylic acids is 2. The highest BCUT2D eigenvalue weighted by Crippen LogP contribution is 2.34. The number of esters is 1. The summed E-state index contributed by atoms with van der Waals surface area (Å²) in [7, 11) is 1.29. The molecule has 3 aromatic rings. The Morgan fingerprint density at radius 1 is 1.10 bits per heavy atom. The molecule has 0 unspecified atom stereocenters. The molecular weight excluding hydrogens is 405 g/mol. The van der Waals surface area contributed by atoms with E-state index in [1.807, 2.05) is 0 Å². The summed E-state index contributed by atoms with van der Waals surface area (Å²) in [5.74, 6) is -1.06. The van der Waals surface area contributed by atoms with Crippen LogP contribution in [0.5, 0.6) is 0 Å². The van der Waals surface area contributed by atoms with Crippen LogP contribution in [0.2, 0.25) is 0 Å². The van der Waals surface area contributed by atoms with Crippen molar-refractivity contribution < 1.29 is 18.7 Å². The fourth-order valence-corrected chi connectivity index (χ4v) is 4.63. The molecule has 2 heterocycles. The third-order valence-electron chi connectivity index (χ3n) is 5.17. The van der Waals surface area contributed by atoms with Crippen molar-refractivity contribution in [3.63, 3.8) is 0 Å². The lowest BCUT2D eigenvalue weighted by atomic mass is 9.97. The summed E-state index contributed by atoms with van der Waals surface area (Å²) >= 11 is 1.35. The van der Waals surface area contributed by atoms with Gasteiger partial charge in [-0.15, -0.1) is 10.2 Å². The van der Waals surface area contributed by atoms with Crippen molar-refractivity contribution in [2.75, 3.05) is 20.2 Å². The van der Waals surface area contributed by atoms with Crippen LogP contribution >= 0.6 is 11.3 Å². The molecule has 154 valence electrons. The standard InChI is InChI=1S/C22H20FN3O3S/c1-29-22(28)16-9-3-2-8-15(16)21(27)26-12-6-7-14(13-26)19-24-25-20(30-19)17-10-4-5-11-18(17)23/h2-5,8-11,14H,6-7,12-13H2,1H3/t14-/m0/s1. The van der Waals surface area contributed by atoms with Crippen molar-refractivity contribution in [3.8, 4) is 10.6 Å². The van der Waals surface area contributed by atoms with Crippen molar-refractivity contribution in [2.45, 2.75) is 18.8 Å². The number of halogens is 1. The van der Waals surface area contributed by atoms with E-state index >= 15 is 0 Å². The van der Waals surface area contributed by atoms with Crippen LogP contribution in [0.1, 0.15) is 44.5 Å². The van der Waals surface area contributed by atoms with Crippen LogP contribution in [0.25, 0.3) is 10.6 Å². The van der Waals surface area contributed by atoms with E-state index in [0.29, 0.717) is 29.2 Å². The second-order valence-electron chi connectivity index (χ2n) is 7.05. The maximum absolute atomic E-state index is 14.1. The first-order valence-electron chi connectivity index (χ1n) is 9.63. The zero-order valence-corrected chi connectivity index (χ0v) is 17.2. The minimum atomic E-state index is -0.536. The van der Waals surface area contributed by atoms with Gasteiger partial charge in [0.15, 0.2) is 5.01 Å². The molecule has 1 fully saturated rings. The molecular formula is C22H20FN3O3S. The number of likely N-dealkylation sites (tertiary alicyclic amines) is 1. The molecule has 30 heavy (non-hydrogen) atoms. The Morgan fingerprint density at radius 2 is 1.83 bits per heavy atom. The lowest BCUT2D eigenvalue weighted by Crippen LogP contribution is -2.39. The first-order chi connectivity index (χ1) is 14.6. The van der Waals surface area contributed by atoms with Gasteiger partial charge >= 0.3 is 5.97 Å². The highest BCUT2D eigenvalue weighted by molar-refractivity contribution is 7.14. The number of methoxy groups -OCH3 is 1. The summed E-state index contributed by atoms with van der Waals surface area (Å²) < 4.78 is 18.9. The van der Waals surface area contributed by atoms with Gasteiger partial charge in [0, 0.05) is 24.6 Å². The van der Waals surface area contributed by atoms with Gasteiger partial charge in [-0.05, 0) is 37.1 Å². The van der Waals surface area contributed by atoms with Crippen molar-refractivity contribution in [2.24, 2.45) is 0 Å². The van der Waals surface area contributed by atoms with Gasteiger partial charge in [0.1, 0.15) is 10.8 Å². The number of nitrogens with zero attached hydrogens (tertiary/aromatic N) is 3. The predicted molar refractivity (Wildman–Crippen MR) is 111 cm³/mol. The Morgan fingerprint density at radius 3 is 2.60 bits per heavy atom. The largest absolute Gasteiger partial charge is 0.465 e. The molecule has 0 saturated carbocycles. The van der Waals surface area contributed by atoms with Gasteiger partial charge < -0.3 is 9.64 Å². The molecule has 0 bridgehead atoms. The van der Waals surface area contributed by atoms with Crippen molar-refractivity contribution >= 4 is 23.2 Å². The van der Waals surface area contributed by atoms with Gasteiger partial charge in [-0.25, -0.2) is 9.18 Å². The van der Waals surface area contributed by atoms with Crippen molar-refractivity contribution in [1.82, 2.24) is 15.1 Å². The topological polar surface area (TPSA) is 72.4 Å². The number of carbonyl (C=O) groups is 2. The van der Waals surface area contributed by atoms with Crippen LogP contribution < -0.4 is 0 Å². The van der Waals surface area contributed by atoms with Crippen LogP contribution in [0.3, 0.4) is 0 Å². The third-order valence-corrected chi connectivity index (χ3v) is 6.28. The number of amides is 1. The van der Waals surface area contributed by atoms with Crippen LogP contribution in [-0.4, -0.2) is 47.2 Å². The average Bonchev–Trinajstić information content (AvgIpc) is 3.28. The maximum atomic E-state index is 14.1. The zero-order valence-electron chi connectivity index (χ0n) is 16.4. The van der Waals surface area contributed by atoms with Crippen LogP contribution in [0.4, 0.5) is 4.39 Å². The maximum Gasteiger partial charge on any atom is 0.338 e. The Kier molecular flexibility index (Phi) is 5.85. The summed E-state index contributed by atoms with van der Waals surface area (Å²) in [4.78, 5) is 26.9. The second kappa shape index (κ2) is 8.71. The minimum absolute atomic E-state index is 0.0195. The fraction of sp³-hybridized carbons (Fsp3) is 0.273. The van der Waals surface area contributed by atoms with E-state index in [0.717, 1.165) is 17.8 Å². The molecule has 1 aliphatic heterocycles. The van der Waals surface area contributed by atoms with Gasteiger partial charge in [0.25, 0.3) is 5.91 Å². The van der Waals surface area contributed by atoms with Crippen LogP contribution in [0.15, 0.2) is 48.5 Å².